The van der Waals surface area contributed by atoms with Gasteiger partial charge in [-0.05, 0) is 17.7 Å². The van der Waals surface area contributed by atoms with Crippen molar-refractivity contribution in [3.8, 4) is 0 Å². The fourth-order valence-corrected chi connectivity index (χ4v) is 5.98. The van der Waals surface area contributed by atoms with Crippen molar-refractivity contribution in [1.82, 2.24) is 15.1 Å². The van der Waals surface area contributed by atoms with Crippen LogP contribution in [0, 0.1) is 0 Å². The summed E-state index contributed by atoms with van der Waals surface area (Å²) >= 11 is 0. The van der Waals surface area contributed by atoms with E-state index >= 15 is 0 Å². The zero-order valence-corrected chi connectivity index (χ0v) is 27.7. The van der Waals surface area contributed by atoms with Gasteiger partial charge in [0, 0.05) is 40.8 Å². The minimum Gasteiger partial charge on any atom is -0.463 e. The summed E-state index contributed by atoms with van der Waals surface area (Å²) in [6, 6.07) is 14.7. The molecule has 1 fully saturated rings. The van der Waals surface area contributed by atoms with Crippen LogP contribution in [0.15, 0.2) is 59.6 Å². The lowest BCUT2D eigenvalue weighted by molar-refractivity contribution is -0.255. The second kappa shape index (κ2) is 15.3. The third kappa shape index (κ3) is 7.97. The second-order valence-corrected chi connectivity index (χ2v) is 11.7. The number of ether oxygens (including phenoxy) is 5. The Morgan fingerprint density at radius 1 is 0.740 bits per heavy atom. The Morgan fingerprint density at radius 2 is 1.28 bits per heavy atom. The quantitative estimate of drug-likeness (QED) is 0.213. The van der Waals surface area contributed by atoms with E-state index in [2.05, 4.69) is 5.32 Å². The maximum absolute atomic E-state index is 13.8. The highest BCUT2D eigenvalue weighted by Crippen LogP contribution is 2.31. The Labute approximate surface area is 286 Å². The SMILES string of the molecule is CC(=O)OC[C@H]1O[C@H](NC2=N[C@H](c3ccccc3)CC(=O)N2CCN2C(=O)c3ccccc3C2=O)[C@H](OC(C)=O)[C@@H](OC(C)=O)[C@@H]1OC(C)=O. The minimum absolute atomic E-state index is 0.0596. The van der Waals surface area contributed by atoms with Gasteiger partial charge >= 0.3 is 23.9 Å². The van der Waals surface area contributed by atoms with E-state index in [4.69, 9.17) is 28.7 Å². The standard InChI is InChI=1S/C34H36N4O12/c1-18(39)46-17-26-28(47-19(2)40)29(48-20(3)41)30(49-21(4)42)31(50-26)36-34-35-25(22-10-6-5-7-11-22)16-27(43)37(34)14-15-38-32(44)23-12-8-9-13-24(23)33(38)45/h5-13,25-26,28-31H,14-17H2,1-4H3,(H,35,36)/t25-,26+,28+,29-,30+,31-/m0/s1. The second-order valence-electron chi connectivity index (χ2n) is 11.7. The molecule has 0 saturated carbocycles. The number of esters is 4. The van der Waals surface area contributed by atoms with Gasteiger partial charge in [-0.3, -0.25) is 43.4 Å². The molecule has 2 aromatic rings. The normalized spacial score (nSPS) is 24.6. The van der Waals surface area contributed by atoms with Crippen molar-refractivity contribution >= 4 is 47.6 Å². The molecule has 6 atom stereocenters. The van der Waals surface area contributed by atoms with Gasteiger partial charge in [0.15, 0.2) is 24.5 Å². The Kier molecular flexibility index (Phi) is 10.9. The molecular weight excluding hydrogens is 656 g/mol. The van der Waals surface area contributed by atoms with Crippen LogP contribution in [0.5, 0.6) is 0 Å². The van der Waals surface area contributed by atoms with E-state index in [1.165, 1.54) is 4.90 Å². The highest BCUT2D eigenvalue weighted by atomic mass is 16.7. The highest BCUT2D eigenvalue weighted by Gasteiger charge is 2.53. The van der Waals surface area contributed by atoms with Crippen LogP contribution in [0.25, 0.3) is 0 Å². The molecule has 0 aromatic heterocycles. The van der Waals surface area contributed by atoms with Crippen molar-refractivity contribution in [2.75, 3.05) is 19.7 Å². The number of guanidine groups is 1. The lowest BCUT2D eigenvalue weighted by Gasteiger charge is -2.45. The van der Waals surface area contributed by atoms with E-state index in [1.807, 2.05) is 6.07 Å². The molecule has 16 heteroatoms. The van der Waals surface area contributed by atoms with Crippen LogP contribution < -0.4 is 5.32 Å². The van der Waals surface area contributed by atoms with Crippen molar-refractivity contribution in [1.29, 1.82) is 0 Å². The van der Waals surface area contributed by atoms with Gasteiger partial charge in [-0.15, -0.1) is 0 Å². The van der Waals surface area contributed by atoms with Crippen LogP contribution in [0.2, 0.25) is 0 Å². The third-order valence-corrected chi connectivity index (χ3v) is 8.07. The van der Waals surface area contributed by atoms with E-state index in [1.54, 1.807) is 48.5 Å². The van der Waals surface area contributed by atoms with E-state index in [-0.39, 0.29) is 36.6 Å². The van der Waals surface area contributed by atoms with Crippen LogP contribution in [0.3, 0.4) is 0 Å². The first-order valence-electron chi connectivity index (χ1n) is 15.8. The zero-order chi connectivity index (χ0) is 36.1. The first kappa shape index (κ1) is 35.7. The average Bonchev–Trinajstić information content (AvgIpc) is 3.30. The molecule has 3 heterocycles. The molecule has 0 radical (unpaired) electrons. The number of nitrogens with one attached hydrogen (secondary N) is 1. The number of carbonyl (C=O) groups excluding carboxylic acids is 7. The minimum atomic E-state index is -1.48. The molecule has 0 aliphatic carbocycles. The van der Waals surface area contributed by atoms with Crippen LogP contribution in [-0.4, -0.2) is 108 Å². The molecular formula is C34H36N4O12. The summed E-state index contributed by atoms with van der Waals surface area (Å²) in [6.45, 7) is 3.65. The van der Waals surface area contributed by atoms with E-state index in [0.717, 1.165) is 32.6 Å². The Balaban J connectivity index is 1.51. The van der Waals surface area contributed by atoms with Gasteiger partial charge in [-0.1, -0.05) is 42.5 Å². The number of aliphatic imine (C=N–C) groups is 1. The number of amides is 3. The molecule has 0 unspecified atom stereocenters. The van der Waals surface area contributed by atoms with Gasteiger partial charge in [0.1, 0.15) is 12.7 Å². The summed E-state index contributed by atoms with van der Waals surface area (Å²) in [5, 5.41) is 3.00. The molecule has 3 amide bonds. The smallest absolute Gasteiger partial charge is 0.303 e. The van der Waals surface area contributed by atoms with Crippen LogP contribution in [-0.2, 0) is 47.7 Å². The van der Waals surface area contributed by atoms with E-state index < -0.39 is 84.9 Å². The summed E-state index contributed by atoms with van der Waals surface area (Å²) < 4.78 is 27.9. The average molecular weight is 693 g/mol. The number of hydrogen-bond acceptors (Lipinski definition) is 14. The number of carbonyl (C=O) groups is 7. The fourth-order valence-electron chi connectivity index (χ4n) is 5.98. The number of imide groups is 1. The van der Waals surface area contributed by atoms with E-state index in [9.17, 15) is 33.6 Å². The summed E-state index contributed by atoms with van der Waals surface area (Å²) in [6.07, 6.45) is -7.09. The largest absolute Gasteiger partial charge is 0.463 e. The highest BCUT2D eigenvalue weighted by molar-refractivity contribution is 6.21. The van der Waals surface area contributed by atoms with Crippen molar-refractivity contribution in [3.63, 3.8) is 0 Å². The van der Waals surface area contributed by atoms with Crippen molar-refractivity contribution in [3.05, 3.63) is 71.3 Å². The number of nitrogens with zero attached hydrogens (tertiary/aromatic N) is 3. The monoisotopic (exact) mass is 692 g/mol. The molecule has 1 saturated heterocycles. The van der Waals surface area contributed by atoms with E-state index in [0.29, 0.717) is 5.56 Å². The summed E-state index contributed by atoms with van der Waals surface area (Å²) in [4.78, 5) is 95.6. The molecule has 264 valence electrons. The molecule has 2 aromatic carbocycles. The first-order chi connectivity index (χ1) is 23.8. The molecule has 1 N–H and O–H groups in total. The third-order valence-electron chi connectivity index (χ3n) is 8.07. The van der Waals surface area contributed by atoms with Crippen LogP contribution in [0.4, 0.5) is 0 Å². The summed E-state index contributed by atoms with van der Waals surface area (Å²) in [7, 11) is 0. The summed E-state index contributed by atoms with van der Waals surface area (Å²) in [5.74, 6) is -4.61. The van der Waals surface area contributed by atoms with Gasteiger partial charge in [-0.25, -0.2) is 4.99 Å². The number of rotatable bonds is 10. The lowest BCUT2D eigenvalue weighted by Crippen LogP contribution is -2.67. The Hall–Kier alpha value is -5.64. The molecule has 3 aliphatic heterocycles. The Morgan fingerprint density at radius 3 is 1.86 bits per heavy atom. The van der Waals surface area contributed by atoms with Crippen LogP contribution >= 0.6 is 0 Å². The van der Waals surface area contributed by atoms with Gasteiger partial charge in [-0.2, -0.15) is 0 Å². The first-order valence-corrected chi connectivity index (χ1v) is 15.8. The maximum Gasteiger partial charge on any atom is 0.303 e. The summed E-state index contributed by atoms with van der Waals surface area (Å²) in [5.41, 5.74) is 1.20. The molecule has 16 nitrogen and oxygen atoms in total. The number of fused-ring (bicyclic) bond motifs is 1. The topological polar surface area (TPSA) is 197 Å². The van der Waals surface area contributed by atoms with Crippen molar-refractivity contribution < 1.29 is 57.2 Å². The molecule has 50 heavy (non-hydrogen) atoms. The zero-order valence-electron chi connectivity index (χ0n) is 27.7. The lowest BCUT2D eigenvalue weighted by atomic mass is 9.97. The number of benzene rings is 2. The van der Waals surface area contributed by atoms with Crippen molar-refractivity contribution in [2.24, 2.45) is 4.99 Å². The van der Waals surface area contributed by atoms with Crippen molar-refractivity contribution in [2.45, 2.75) is 70.8 Å². The molecule has 3 aliphatic rings. The Bertz CT molecular complexity index is 1680. The van der Waals surface area contributed by atoms with Gasteiger partial charge in [0.05, 0.1) is 23.6 Å². The molecule has 0 bridgehead atoms. The van der Waals surface area contributed by atoms with Gasteiger partial charge in [0.2, 0.25) is 11.9 Å². The number of hydrogen-bond donors (Lipinski definition) is 1. The maximum atomic E-state index is 13.8. The van der Waals surface area contributed by atoms with Gasteiger partial charge in [0.25, 0.3) is 11.8 Å². The van der Waals surface area contributed by atoms with Crippen LogP contribution in [0.1, 0.15) is 66.4 Å². The fraction of sp³-hybridized carbons (Fsp3) is 0.412. The molecule has 5 rings (SSSR count). The van der Waals surface area contributed by atoms with Gasteiger partial charge < -0.3 is 29.0 Å². The predicted octanol–water partition coefficient (Wildman–Crippen LogP) is 1.28. The molecule has 0 spiro atoms. The predicted molar refractivity (Wildman–Crippen MR) is 170 cm³/mol.